The highest BCUT2D eigenvalue weighted by atomic mass is 16.5. The van der Waals surface area contributed by atoms with Crippen LogP contribution in [-0.2, 0) is 6.54 Å². The molecule has 1 fully saturated rings. The highest BCUT2D eigenvalue weighted by molar-refractivity contribution is 5.79. The molecule has 0 amide bonds. The Labute approximate surface area is 191 Å². The standard InChI is InChI=1S/C25H36N4O3/c1-26-25(27-17-19-8-13-23(31-3)24(16-19)32-4)28-18-22(29-14-6-5-7-15-29)20-9-11-21(30-2)12-10-20/h8-13,16,22H,5-7,14-15,17-18H2,1-4H3,(H2,26,27,28). The van der Waals surface area contributed by atoms with Gasteiger partial charge in [-0.3, -0.25) is 9.89 Å². The summed E-state index contributed by atoms with van der Waals surface area (Å²) < 4.78 is 16.1. The summed E-state index contributed by atoms with van der Waals surface area (Å²) in [6, 6.07) is 14.6. The molecule has 0 bridgehead atoms. The van der Waals surface area contributed by atoms with Crippen LogP contribution in [0.15, 0.2) is 47.5 Å². The third-order valence-corrected chi connectivity index (χ3v) is 5.93. The molecule has 0 saturated carbocycles. The molecule has 1 aliphatic heterocycles. The van der Waals surface area contributed by atoms with Crippen LogP contribution in [0.3, 0.4) is 0 Å². The van der Waals surface area contributed by atoms with Crippen LogP contribution >= 0.6 is 0 Å². The van der Waals surface area contributed by atoms with Gasteiger partial charge in [-0.15, -0.1) is 0 Å². The average molecular weight is 441 g/mol. The van der Waals surface area contributed by atoms with E-state index < -0.39 is 0 Å². The largest absolute Gasteiger partial charge is 0.497 e. The Kier molecular flexibility index (Phi) is 9.04. The summed E-state index contributed by atoms with van der Waals surface area (Å²) in [5.74, 6) is 3.10. The normalized spacial score (nSPS) is 15.7. The highest BCUT2D eigenvalue weighted by Gasteiger charge is 2.22. The second-order valence-electron chi connectivity index (χ2n) is 7.88. The minimum atomic E-state index is 0.279. The number of benzene rings is 2. The summed E-state index contributed by atoms with van der Waals surface area (Å²) >= 11 is 0. The maximum absolute atomic E-state index is 5.41. The van der Waals surface area contributed by atoms with Crippen molar-refractivity contribution < 1.29 is 14.2 Å². The number of hydrogen-bond donors (Lipinski definition) is 2. The number of guanidine groups is 1. The minimum absolute atomic E-state index is 0.279. The first-order valence-corrected chi connectivity index (χ1v) is 11.2. The van der Waals surface area contributed by atoms with Gasteiger partial charge in [0.2, 0.25) is 0 Å². The van der Waals surface area contributed by atoms with Crippen molar-refractivity contribution in [1.82, 2.24) is 15.5 Å². The first kappa shape index (κ1) is 23.7. The van der Waals surface area contributed by atoms with Crippen LogP contribution in [0, 0.1) is 0 Å². The van der Waals surface area contributed by atoms with E-state index >= 15 is 0 Å². The summed E-state index contributed by atoms with van der Waals surface area (Å²) in [5, 5.41) is 6.93. The fourth-order valence-electron chi connectivity index (χ4n) is 4.10. The summed E-state index contributed by atoms with van der Waals surface area (Å²) in [7, 11) is 6.79. The molecule has 2 N–H and O–H groups in total. The summed E-state index contributed by atoms with van der Waals surface area (Å²) in [6.45, 7) is 3.65. The zero-order valence-electron chi connectivity index (χ0n) is 19.7. The molecular formula is C25H36N4O3. The van der Waals surface area contributed by atoms with Crippen LogP contribution in [0.2, 0.25) is 0 Å². The lowest BCUT2D eigenvalue weighted by Crippen LogP contribution is -2.44. The maximum atomic E-state index is 5.41. The molecule has 174 valence electrons. The molecule has 3 rings (SSSR count). The van der Waals surface area contributed by atoms with Crippen molar-refractivity contribution in [3.8, 4) is 17.2 Å². The van der Waals surface area contributed by atoms with Gasteiger partial charge in [0.25, 0.3) is 0 Å². The first-order valence-electron chi connectivity index (χ1n) is 11.2. The Balaban J connectivity index is 1.64. The molecule has 0 aromatic heterocycles. The van der Waals surface area contributed by atoms with E-state index in [1.807, 2.05) is 30.3 Å². The average Bonchev–Trinajstić information content (AvgIpc) is 2.86. The van der Waals surface area contributed by atoms with Crippen molar-refractivity contribution in [3.63, 3.8) is 0 Å². The van der Waals surface area contributed by atoms with Gasteiger partial charge in [0.1, 0.15) is 5.75 Å². The highest BCUT2D eigenvalue weighted by Crippen LogP contribution is 2.28. The number of ether oxygens (including phenoxy) is 3. The van der Waals surface area contributed by atoms with Crippen molar-refractivity contribution in [2.24, 2.45) is 4.99 Å². The van der Waals surface area contributed by atoms with Crippen molar-refractivity contribution in [2.75, 3.05) is 48.0 Å². The summed E-state index contributed by atoms with van der Waals surface area (Å²) in [6.07, 6.45) is 3.81. The first-order chi connectivity index (χ1) is 15.7. The fraction of sp³-hybridized carbons (Fsp3) is 0.480. The van der Waals surface area contributed by atoms with Crippen LogP contribution in [0.4, 0.5) is 0 Å². The molecule has 0 spiro atoms. The van der Waals surface area contributed by atoms with Crippen LogP contribution in [0.25, 0.3) is 0 Å². The van der Waals surface area contributed by atoms with Crippen molar-refractivity contribution in [3.05, 3.63) is 53.6 Å². The monoisotopic (exact) mass is 440 g/mol. The second kappa shape index (κ2) is 12.2. The van der Waals surface area contributed by atoms with Gasteiger partial charge in [-0.25, -0.2) is 0 Å². The number of rotatable bonds is 9. The van der Waals surface area contributed by atoms with E-state index in [-0.39, 0.29) is 6.04 Å². The predicted octanol–water partition coefficient (Wildman–Crippen LogP) is 3.60. The molecule has 1 atom stereocenters. The smallest absolute Gasteiger partial charge is 0.191 e. The van der Waals surface area contributed by atoms with Gasteiger partial charge >= 0.3 is 0 Å². The van der Waals surface area contributed by atoms with Crippen LogP contribution in [0.1, 0.15) is 36.4 Å². The topological polar surface area (TPSA) is 67.4 Å². The van der Waals surface area contributed by atoms with E-state index in [2.05, 4.69) is 32.7 Å². The van der Waals surface area contributed by atoms with E-state index in [9.17, 15) is 0 Å². The molecule has 1 aliphatic rings. The van der Waals surface area contributed by atoms with Gasteiger partial charge < -0.3 is 24.8 Å². The maximum Gasteiger partial charge on any atom is 0.191 e. The van der Waals surface area contributed by atoms with E-state index in [0.29, 0.717) is 6.54 Å². The Morgan fingerprint density at radius 2 is 1.62 bits per heavy atom. The molecule has 1 heterocycles. The molecule has 7 nitrogen and oxygen atoms in total. The number of likely N-dealkylation sites (tertiary alicyclic amines) is 1. The lowest BCUT2D eigenvalue weighted by molar-refractivity contribution is 0.164. The van der Waals surface area contributed by atoms with E-state index in [4.69, 9.17) is 14.2 Å². The molecule has 1 saturated heterocycles. The molecular weight excluding hydrogens is 404 g/mol. The van der Waals surface area contributed by atoms with Crippen molar-refractivity contribution in [2.45, 2.75) is 31.8 Å². The van der Waals surface area contributed by atoms with E-state index in [1.165, 1.54) is 24.8 Å². The number of methoxy groups -OCH3 is 3. The molecule has 0 aliphatic carbocycles. The number of aliphatic imine (C=N–C) groups is 1. The summed E-state index contributed by atoms with van der Waals surface area (Å²) in [4.78, 5) is 6.99. The van der Waals surface area contributed by atoms with Gasteiger partial charge in [-0.05, 0) is 61.3 Å². The Bertz CT molecular complexity index is 864. The zero-order chi connectivity index (χ0) is 22.8. The van der Waals surface area contributed by atoms with Crippen molar-refractivity contribution >= 4 is 5.96 Å². The SMILES string of the molecule is CN=C(NCc1ccc(OC)c(OC)c1)NCC(c1ccc(OC)cc1)N1CCCCC1. The molecule has 0 radical (unpaired) electrons. The molecule has 7 heteroatoms. The lowest BCUT2D eigenvalue weighted by atomic mass is 10.0. The Hall–Kier alpha value is -2.93. The zero-order valence-corrected chi connectivity index (χ0v) is 19.7. The third kappa shape index (κ3) is 6.29. The van der Waals surface area contributed by atoms with Crippen LogP contribution < -0.4 is 24.8 Å². The fourth-order valence-corrected chi connectivity index (χ4v) is 4.10. The van der Waals surface area contributed by atoms with E-state index in [1.54, 1.807) is 28.4 Å². The number of nitrogens with zero attached hydrogens (tertiary/aromatic N) is 2. The molecule has 32 heavy (non-hydrogen) atoms. The number of nitrogens with one attached hydrogen (secondary N) is 2. The summed E-state index contributed by atoms with van der Waals surface area (Å²) in [5.41, 5.74) is 2.38. The van der Waals surface area contributed by atoms with Crippen LogP contribution in [0.5, 0.6) is 17.2 Å². The predicted molar refractivity (Wildman–Crippen MR) is 129 cm³/mol. The van der Waals surface area contributed by atoms with Gasteiger partial charge in [0, 0.05) is 20.1 Å². The minimum Gasteiger partial charge on any atom is -0.497 e. The number of hydrogen-bond acceptors (Lipinski definition) is 5. The van der Waals surface area contributed by atoms with E-state index in [0.717, 1.165) is 48.4 Å². The Morgan fingerprint density at radius 3 is 2.25 bits per heavy atom. The second-order valence-corrected chi connectivity index (χ2v) is 7.88. The molecule has 2 aromatic rings. The quantitative estimate of drug-likeness (QED) is 0.459. The lowest BCUT2D eigenvalue weighted by Gasteiger charge is -2.35. The number of piperidine rings is 1. The third-order valence-electron chi connectivity index (χ3n) is 5.93. The van der Waals surface area contributed by atoms with Gasteiger partial charge in [-0.2, -0.15) is 0 Å². The molecule has 2 aromatic carbocycles. The van der Waals surface area contributed by atoms with Crippen molar-refractivity contribution in [1.29, 1.82) is 0 Å². The molecule has 1 unspecified atom stereocenters. The Morgan fingerprint density at radius 1 is 0.906 bits per heavy atom. The van der Waals surface area contributed by atoms with Gasteiger partial charge in [-0.1, -0.05) is 24.6 Å². The van der Waals surface area contributed by atoms with Gasteiger partial charge in [0.05, 0.1) is 27.4 Å². The van der Waals surface area contributed by atoms with Crippen LogP contribution in [-0.4, -0.2) is 58.9 Å². The van der Waals surface area contributed by atoms with Gasteiger partial charge in [0.15, 0.2) is 17.5 Å².